The third-order valence-corrected chi connectivity index (χ3v) is 6.19. The van der Waals surface area contributed by atoms with Crippen molar-refractivity contribution < 1.29 is 9.53 Å². The van der Waals surface area contributed by atoms with Crippen LogP contribution in [0.15, 0.2) is 72.9 Å². The summed E-state index contributed by atoms with van der Waals surface area (Å²) in [5.41, 5.74) is 5.54. The number of piperidine rings is 1. The number of carbonyl (C=O) groups excluding carboxylic acids is 1. The van der Waals surface area contributed by atoms with Crippen LogP contribution in [-0.4, -0.2) is 71.0 Å². The first-order valence-corrected chi connectivity index (χ1v) is 14.7. The van der Waals surface area contributed by atoms with Crippen LogP contribution in [0, 0.1) is 6.92 Å². The molecule has 188 valence electrons. The van der Waals surface area contributed by atoms with E-state index < -0.39 is 0 Å². The fraction of sp³-hybridized carbons (Fsp3) is 0.310. The molecule has 1 atom stereocenters. The van der Waals surface area contributed by atoms with Gasteiger partial charge in [-0.25, -0.2) is 4.98 Å². The number of anilines is 1. The fourth-order valence-electron chi connectivity index (χ4n) is 4.45. The average molecular weight is 593 g/mol. The number of imidazole rings is 1. The van der Waals surface area contributed by atoms with Crippen molar-refractivity contribution in [1.82, 2.24) is 14.3 Å². The van der Waals surface area contributed by atoms with Crippen molar-refractivity contribution in [3.05, 3.63) is 84.3 Å². The van der Waals surface area contributed by atoms with Gasteiger partial charge in [0.05, 0.1) is 18.3 Å². The van der Waals surface area contributed by atoms with Crippen molar-refractivity contribution >= 4 is 40.6 Å². The Hall–Kier alpha value is -2.98. The molecule has 1 fully saturated rings. The molecule has 1 saturated heterocycles. The average Bonchev–Trinajstić information content (AvgIpc) is 3.34. The molecule has 36 heavy (non-hydrogen) atoms. The zero-order chi connectivity index (χ0) is 25.9. The number of hydrogen-bond acceptors (Lipinski definition) is 4. The predicted octanol–water partition coefficient (Wildman–Crippen LogP) is 5.59. The fourth-order valence-corrected chi connectivity index (χ4v) is 4.45. The van der Waals surface area contributed by atoms with E-state index in [0.717, 1.165) is 60.7 Å². The number of fused-ring (bicyclic) bond motifs is 1. The molecule has 4 aromatic rings. The van der Waals surface area contributed by atoms with Crippen molar-refractivity contribution in [2.24, 2.45) is 0 Å². The number of rotatable bonds is 5. The molecule has 2 radical (unpaired) electrons. The van der Waals surface area contributed by atoms with Crippen LogP contribution in [0.1, 0.15) is 30.1 Å². The topological polar surface area (TPSA) is 58.9 Å². The van der Waals surface area contributed by atoms with Crippen molar-refractivity contribution in [2.45, 2.75) is 30.6 Å². The number of amides is 1. The molecule has 1 aliphatic rings. The summed E-state index contributed by atoms with van der Waals surface area (Å²) < 4.78 is 7.52. The van der Waals surface area contributed by atoms with E-state index in [4.69, 9.17) is 9.72 Å². The molecule has 3 heterocycles. The Morgan fingerprint density at radius 3 is 2.58 bits per heavy atom. The Labute approximate surface area is 228 Å². The quantitative estimate of drug-likeness (QED) is 0.243. The Kier molecular flexibility index (Phi) is 10.7. The van der Waals surface area contributed by atoms with E-state index in [-0.39, 0.29) is 5.92 Å². The summed E-state index contributed by atoms with van der Waals surface area (Å²) in [6, 6.07) is 22.4. The van der Waals surface area contributed by atoms with Gasteiger partial charge >= 0.3 is 27.9 Å². The number of nitrogens with zero attached hydrogens (tertiary/aromatic N) is 3. The number of benzene rings is 2. The van der Waals surface area contributed by atoms with E-state index in [9.17, 15) is 4.79 Å². The maximum atomic E-state index is 11.2. The number of likely N-dealkylation sites (tertiary alicyclic amines) is 1. The third-order valence-electron chi connectivity index (χ3n) is 6.19. The van der Waals surface area contributed by atoms with Crippen LogP contribution in [0.3, 0.4) is 0 Å². The number of aromatic nitrogens is 2. The van der Waals surface area contributed by atoms with Gasteiger partial charge in [-0.3, -0.25) is 4.79 Å². The predicted molar refractivity (Wildman–Crippen MR) is 149 cm³/mol. The molecule has 2 aromatic heterocycles. The van der Waals surface area contributed by atoms with Gasteiger partial charge in [-0.1, -0.05) is 30.3 Å². The second kappa shape index (κ2) is 13.9. The Morgan fingerprint density at radius 2 is 1.89 bits per heavy atom. The molecule has 1 N–H and O–H groups in total. The van der Waals surface area contributed by atoms with E-state index in [0.29, 0.717) is 0 Å². The van der Waals surface area contributed by atoms with Crippen LogP contribution >= 0.6 is 0 Å². The summed E-state index contributed by atoms with van der Waals surface area (Å²) >= 11 is 1.75. The minimum atomic E-state index is 0.258. The molecule has 1 amide bonds. The minimum absolute atomic E-state index is 0.258. The first kappa shape index (κ1) is 27.6. The monoisotopic (exact) mass is 592 g/mol. The van der Waals surface area contributed by atoms with Crippen molar-refractivity contribution in [3.8, 4) is 17.0 Å². The number of aryl methyl sites for hydroxylation is 1. The summed E-state index contributed by atoms with van der Waals surface area (Å²) in [6.07, 6.45) is 5.07. The van der Waals surface area contributed by atoms with Gasteiger partial charge in [0.1, 0.15) is 11.6 Å². The van der Waals surface area contributed by atoms with E-state index >= 15 is 0 Å². The molecule has 2 aromatic carbocycles. The van der Waals surface area contributed by atoms with Gasteiger partial charge in [-0.2, -0.15) is 0 Å². The van der Waals surface area contributed by atoms with Gasteiger partial charge < -0.3 is 19.4 Å². The van der Waals surface area contributed by atoms with Crippen molar-refractivity contribution in [2.75, 3.05) is 32.6 Å². The zero-order valence-corrected chi connectivity index (χ0v) is 24.1. The van der Waals surface area contributed by atoms with Crippen LogP contribution in [0.25, 0.3) is 16.8 Å². The molecule has 5 rings (SSSR count). The van der Waals surface area contributed by atoms with Crippen LogP contribution in [0.5, 0.6) is 5.75 Å². The Bertz CT molecular complexity index is 1260. The second-order valence-corrected chi connectivity index (χ2v) is 8.57. The first-order chi connectivity index (χ1) is 17.6. The Balaban J connectivity index is 0.000000276. The number of carbonyl (C=O) groups is 1. The van der Waals surface area contributed by atoms with Crippen LogP contribution in [0.2, 0.25) is 4.87 Å². The summed E-state index contributed by atoms with van der Waals surface area (Å²) in [7, 11) is 3.60. The zero-order valence-electron chi connectivity index (χ0n) is 21.5. The Morgan fingerprint density at radius 1 is 1.08 bits per heavy atom. The summed E-state index contributed by atoms with van der Waals surface area (Å²) in [5, 5.41) is 3.07. The molecular weight excluding hydrogens is 558 g/mol. The third kappa shape index (κ3) is 6.82. The van der Waals surface area contributed by atoms with Gasteiger partial charge in [0, 0.05) is 43.5 Å². The van der Waals surface area contributed by atoms with Crippen molar-refractivity contribution in [3.63, 3.8) is 0 Å². The van der Waals surface area contributed by atoms with E-state index in [1.807, 2.05) is 54.4 Å². The normalized spacial score (nSPS) is 14.7. The second-order valence-electron chi connectivity index (χ2n) is 8.57. The molecule has 6 nitrogen and oxygen atoms in total. The molecule has 7 heteroatoms. The van der Waals surface area contributed by atoms with Gasteiger partial charge in [0.15, 0.2) is 0 Å². The van der Waals surface area contributed by atoms with E-state index in [1.54, 1.807) is 30.1 Å². The van der Waals surface area contributed by atoms with Gasteiger partial charge in [0.25, 0.3) is 0 Å². The standard InChI is InChI=1S/C20H21N3O2.C8H11N.CH3.Sb/c1-25-17-8-4-6-15(12-17)19-18-9-2-3-11-23(18)20(21-19)16-7-5-10-22(13-16)14-24;1-7-4-3-5-8(6-7)9-2;;/h2-4,6,8-9,11-12,14,16H,5,7,10,13H2,1H3;3-6,9H,1-2H3;1H3;. The van der Waals surface area contributed by atoms with Gasteiger partial charge in [-0.05, 0) is 61.7 Å². The van der Waals surface area contributed by atoms with Crippen LogP contribution in [-0.2, 0) is 4.79 Å². The SMILES string of the molecule is CNc1cccc(C)c1.COc1cccc(-c2nc(C3CCCN(C=O)C3)n3ccccc23)c1.[CH3][Sb]. The van der Waals surface area contributed by atoms with Crippen LogP contribution in [0.4, 0.5) is 5.69 Å². The number of nitrogens with one attached hydrogen (secondary N) is 1. The molecule has 0 aliphatic carbocycles. The number of pyridine rings is 1. The first-order valence-electron chi connectivity index (χ1n) is 12.1. The molecule has 1 unspecified atom stereocenters. The molecule has 0 bridgehead atoms. The van der Waals surface area contributed by atoms with E-state index in [1.165, 1.54) is 11.3 Å². The maximum absolute atomic E-state index is 11.2. The summed E-state index contributed by atoms with van der Waals surface area (Å²) in [6.45, 7) is 3.65. The molecule has 0 spiro atoms. The molecule has 0 saturated carbocycles. The van der Waals surface area contributed by atoms with E-state index in [2.05, 4.69) is 52.0 Å². The van der Waals surface area contributed by atoms with Crippen molar-refractivity contribution in [1.29, 1.82) is 0 Å². The number of methoxy groups -OCH3 is 1. The summed E-state index contributed by atoms with van der Waals surface area (Å²) in [5.74, 6) is 2.11. The van der Waals surface area contributed by atoms with Gasteiger partial charge in [-0.15, -0.1) is 0 Å². The number of hydrogen-bond donors (Lipinski definition) is 1. The van der Waals surface area contributed by atoms with Gasteiger partial charge in [0.2, 0.25) is 6.41 Å². The summed E-state index contributed by atoms with van der Waals surface area (Å²) in [4.78, 5) is 20.1. The molecule has 1 aliphatic heterocycles. The molecular formula is C29H35N4O2Sb. The number of ether oxygens (including phenoxy) is 1. The van der Waals surface area contributed by atoms with Crippen LogP contribution < -0.4 is 10.1 Å².